The van der Waals surface area contributed by atoms with Crippen molar-refractivity contribution in [2.45, 2.75) is 25.2 Å². The molecule has 0 aliphatic carbocycles. The molecule has 0 bridgehead atoms. The first-order valence-corrected chi connectivity index (χ1v) is 8.28. The summed E-state index contributed by atoms with van der Waals surface area (Å²) in [5.74, 6) is 1.19. The molecule has 0 aliphatic rings. The predicted octanol–water partition coefficient (Wildman–Crippen LogP) is 3.80. The van der Waals surface area contributed by atoms with Gasteiger partial charge in [-0.15, -0.1) is 0 Å². The summed E-state index contributed by atoms with van der Waals surface area (Å²) in [6.45, 7) is 4.83. The normalized spacial score (nSPS) is 11.8. The van der Waals surface area contributed by atoms with Crippen LogP contribution in [0.4, 0.5) is 0 Å². The molecule has 1 aromatic carbocycles. The Bertz CT molecular complexity index is 485. The van der Waals surface area contributed by atoms with Crippen LogP contribution >= 0.6 is 26.6 Å². The molecule has 0 aromatic heterocycles. The van der Waals surface area contributed by atoms with Gasteiger partial charge >= 0.3 is 0 Å². The zero-order valence-corrected chi connectivity index (χ0v) is 12.8. The van der Waals surface area contributed by atoms with Gasteiger partial charge < -0.3 is 4.74 Å². The number of benzene rings is 1. The lowest BCUT2D eigenvalue weighted by molar-refractivity contribution is 0.287. The van der Waals surface area contributed by atoms with Gasteiger partial charge in [-0.05, 0) is 46.5 Å². The summed E-state index contributed by atoms with van der Waals surface area (Å²) in [4.78, 5) is 0.0576. The first kappa shape index (κ1) is 14.8. The molecule has 0 N–H and O–H groups in total. The topological polar surface area (TPSA) is 43.4 Å². The van der Waals surface area contributed by atoms with Gasteiger partial charge in [-0.25, -0.2) is 8.42 Å². The Balaban J connectivity index is 2.77. The Morgan fingerprint density at radius 3 is 2.53 bits per heavy atom. The zero-order valence-electron chi connectivity index (χ0n) is 9.61. The quantitative estimate of drug-likeness (QED) is 0.765. The third-order valence-electron chi connectivity index (χ3n) is 2.14. The Hall–Kier alpha value is -0.260. The third-order valence-corrected chi connectivity index (χ3v) is 4.11. The van der Waals surface area contributed by atoms with Crippen LogP contribution in [0, 0.1) is 5.92 Å². The molecule has 0 saturated heterocycles. The highest BCUT2D eigenvalue weighted by Crippen LogP contribution is 2.29. The average molecular weight is 342 g/mol. The highest BCUT2D eigenvalue weighted by atomic mass is 79.9. The first-order valence-electron chi connectivity index (χ1n) is 5.17. The summed E-state index contributed by atoms with van der Waals surface area (Å²) in [5.41, 5.74) is 0. The second kappa shape index (κ2) is 6.07. The van der Waals surface area contributed by atoms with Crippen molar-refractivity contribution in [3.63, 3.8) is 0 Å². The average Bonchev–Trinajstić information content (AvgIpc) is 2.18. The van der Waals surface area contributed by atoms with E-state index in [0.717, 1.165) is 6.42 Å². The van der Waals surface area contributed by atoms with Crippen LogP contribution in [0.3, 0.4) is 0 Å². The van der Waals surface area contributed by atoms with Crippen molar-refractivity contribution in [3.05, 3.63) is 22.7 Å². The monoisotopic (exact) mass is 340 g/mol. The van der Waals surface area contributed by atoms with Crippen molar-refractivity contribution in [1.82, 2.24) is 0 Å². The van der Waals surface area contributed by atoms with E-state index in [1.165, 1.54) is 12.1 Å². The highest BCUT2D eigenvalue weighted by Gasteiger charge is 2.12. The molecule has 0 radical (unpaired) electrons. The molecule has 0 amide bonds. The first-order chi connectivity index (χ1) is 7.80. The van der Waals surface area contributed by atoms with Crippen LogP contribution in [-0.2, 0) is 9.05 Å². The van der Waals surface area contributed by atoms with Gasteiger partial charge in [0, 0.05) is 10.7 Å². The second-order valence-corrected chi connectivity index (χ2v) is 7.48. The lowest BCUT2D eigenvalue weighted by atomic mass is 10.1. The molecular formula is C11H14BrClO3S. The lowest BCUT2D eigenvalue weighted by Gasteiger charge is -2.10. The highest BCUT2D eigenvalue weighted by molar-refractivity contribution is 9.10. The maximum absolute atomic E-state index is 11.1. The van der Waals surface area contributed by atoms with Crippen molar-refractivity contribution >= 4 is 35.7 Å². The summed E-state index contributed by atoms with van der Waals surface area (Å²) in [6, 6.07) is 4.46. The van der Waals surface area contributed by atoms with Crippen LogP contribution in [0.15, 0.2) is 27.6 Å². The number of hydrogen-bond acceptors (Lipinski definition) is 3. The maximum Gasteiger partial charge on any atom is 0.261 e. The van der Waals surface area contributed by atoms with Crippen LogP contribution in [0.5, 0.6) is 5.75 Å². The zero-order chi connectivity index (χ0) is 13.1. The summed E-state index contributed by atoms with van der Waals surface area (Å²) in [7, 11) is 1.55. The number of ether oxygens (including phenoxy) is 1. The van der Waals surface area contributed by atoms with E-state index in [4.69, 9.17) is 15.4 Å². The van der Waals surface area contributed by atoms with Gasteiger partial charge in [-0.3, -0.25) is 0 Å². The molecule has 0 spiro atoms. The van der Waals surface area contributed by atoms with Crippen molar-refractivity contribution in [2.75, 3.05) is 6.61 Å². The largest absolute Gasteiger partial charge is 0.492 e. The van der Waals surface area contributed by atoms with Gasteiger partial charge in [-0.1, -0.05) is 13.8 Å². The van der Waals surface area contributed by atoms with E-state index in [1.54, 1.807) is 6.07 Å². The Morgan fingerprint density at radius 1 is 1.41 bits per heavy atom. The minimum absolute atomic E-state index is 0.0576. The van der Waals surface area contributed by atoms with E-state index in [0.29, 0.717) is 22.7 Å². The minimum Gasteiger partial charge on any atom is -0.492 e. The minimum atomic E-state index is -3.69. The second-order valence-electron chi connectivity index (χ2n) is 4.06. The van der Waals surface area contributed by atoms with Crippen LogP contribution in [0.1, 0.15) is 20.3 Å². The fourth-order valence-electron chi connectivity index (χ4n) is 1.15. The molecule has 1 aromatic rings. The maximum atomic E-state index is 11.1. The molecule has 0 aliphatic heterocycles. The molecule has 0 atom stereocenters. The van der Waals surface area contributed by atoms with Crippen LogP contribution in [-0.4, -0.2) is 15.0 Å². The van der Waals surface area contributed by atoms with Gasteiger partial charge in [0.2, 0.25) is 0 Å². The Morgan fingerprint density at radius 2 is 2.06 bits per heavy atom. The standard InChI is InChI=1S/C11H14BrClO3S/c1-8(2)5-6-16-11-4-3-9(7-10(11)12)17(13,14)15/h3-4,7-8H,5-6H2,1-2H3. The van der Waals surface area contributed by atoms with Crippen molar-refractivity contribution < 1.29 is 13.2 Å². The third kappa shape index (κ3) is 4.85. The molecule has 3 nitrogen and oxygen atoms in total. The van der Waals surface area contributed by atoms with Crippen LogP contribution in [0.25, 0.3) is 0 Å². The van der Waals surface area contributed by atoms with E-state index in [-0.39, 0.29) is 4.90 Å². The van der Waals surface area contributed by atoms with Gasteiger partial charge in [-0.2, -0.15) is 0 Å². The molecule has 17 heavy (non-hydrogen) atoms. The smallest absolute Gasteiger partial charge is 0.261 e. The predicted molar refractivity (Wildman–Crippen MR) is 72.1 cm³/mol. The Labute approximate surface area is 115 Å². The van der Waals surface area contributed by atoms with Crippen molar-refractivity contribution in [2.24, 2.45) is 5.92 Å². The lowest BCUT2D eigenvalue weighted by Crippen LogP contribution is -2.02. The fraction of sp³-hybridized carbons (Fsp3) is 0.455. The molecule has 96 valence electrons. The van der Waals surface area contributed by atoms with Crippen molar-refractivity contribution in [1.29, 1.82) is 0 Å². The SMILES string of the molecule is CC(C)CCOc1ccc(S(=O)(=O)Cl)cc1Br. The van der Waals surface area contributed by atoms with E-state index in [1.807, 2.05) is 0 Å². The van der Waals surface area contributed by atoms with E-state index >= 15 is 0 Å². The number of halogens is 2. The van der Waals surface area contributed by atoms with E-state index in [9.17, 15) is 8.42 Å². The van der Waals surface area contributed by atoms with Crippen molar-refractivity contribution in [3.8, 4) is 5.75 Å². The molecule has 0 saturated carbocycles. The van der Waals surface area contributed by atoms with Crippen LogP contribution < -0.4 is 4.74 Å². The summed E-state index contributed by atoms with van der Waals surface area (Å²) < 4.78 is 28.3. The fourth-order valence-corrected chi connectivity index (χ4v) is 2.58. The van der Waals surface area contributed by atoms with Crippen LogP contribution in [0.2, 0.25) is 0 Å². The summed E-state index contributed by atoms with van der Waals surface area (Å²) in [5, 5.41) is 0. The van der Waals surface area contributed by atoms with E-state index in [2.05, 4.69) is 29.8 Å². The van der Waals surface area contributed by atoms with Gasteiger partial charge in [0.25, 0.3) is 9.05 Å². The van der Waals surface area contributed by atoms with E-state index < -0.39 is 9.05 Å². The molecule has 0 unspecified atom stereocenters. The molecule has 0 fully saturated rings. The molecule has 6 heteroatoms. The van der Waals surface area contributed by atoms with Gasteiger partial charge in [0.05, 0.1) is 16.0 Å². The molecule has 1 rings (SSSR count). The summed E-state index contributed by atoms with van der Waals surface area (Å²) in [6.07, 6.45) is 0.946. The van der Waals surface area contributed by atoms with Gasteiger partial charge in [0.1, 0.15) is 5.75 Å². The molecular weight excluding hydrogens is 328 g/mol. The Kier molecular flexibility index (Phi) is 5.28. The summed E-state index contributed by atoms with van der Waals surface area (Å²) >= 11 is 3.26. The number of rotatable bonds is 5. The number of hydrogen-bond donors (Lipinski definition) is 0. The van der Waals surface area contributed by atoms with Gasteiger partial charge in [0.15, 0.2) is 0 Å². The molecule has 0 heterocycles.